The van der Waals surface area contributed by atoms with Crippen LogP contribution < -0.4 is 0 Å². The van der Waals surface area contributed by atoms with E-state index in [1.165, 1.54) is 0 Å². The number of nitrogens with zero attached hydrogens (tertiary/aromatic N) is 2. The van der Waals surface area contributed by atoms with Gasteiger partial charge in [-0.1, -0.05) is 0 Å². The summed E-state index contributed by atoms with van der Waals surface area (Å²) in [5.41, 5.74) is 0. The second-order valence-corrected chi connectivity index (χ2v) is 5.95. The van der Waals surface area contributed by atoms with Crippen molar-refractivity contribution in [2.24, 2.45) is 5.92 Å². The van der Waals surface area contributed by atoms with E-state index in [4.69, 9.17) is 5.11 Å². The fourth-order valence-corrected chi connectivity index (χ4v) is 3.36. The van der Waals surface area contributed by atoms with E-state index in [9.17, 15) is 14.4 Å². The molecule has 2 heterocycles. The van der Waals surface area contributed by atoms with E-state index < -0.39 is 5.97 Å². The maximum absolute atomic E-state index is 12.7. The normalized spacial score (nSPS) is 26.2. The SMILES string of the molecule is CCN1CC(C(=O)N2CCCCC2CCC(=O)O)CC1=O. The number of piperidine rings is 1. The number of hydrogen-bond acceptors (Lipinski definition) is 3. The molecule has 2 aliphatic rings. The lowest BCUT2D eigenvalue weighted by molar-refractivity contribution is -0.142. The van der Waals surface area contributed by atoms with Gasteiger partial charge in [-0.15, -0.1) is 0 Å². The fraction of sp³-hybridized carbons (Fsp3) is 0.800. The number of likely N-dealkylation sites (tertiary alicyclic amines) is 2. The number of hydrogen-bond donors (Lipinski definition) is 1. The zero-order valence-electron chi connectivity index (χ0n) is 12.6. The largest absolute Gasteiger partial charge is 0.481 e. The van der Waals surface area contributed by atoms with E-state index >= 15 is 0 Å². The van der Waals surface area contributed by atoms with Crippen LogP contribution in [0.1, 0.15) is 45.4 Å². The molecule has 2 saturated heterocycles. The minimum atomic E-state index is -0.818. The van der Waals surface area contributed by atoms with Gasteiger partial charge in [0.15, 0.2) is 0 Å². The van der Waals surface area contributed by atoms with Gasteiger partial charge >= 0.3 is 5.97 Å². The Hall–Kier alpha value is -1.59. The molecule has 0 aromatic rings. The monoisotopic (exact) mass is 296 g/mol. The van der Waals surface area contributed by atoms with Crippen molar-refractivity contribution in [3.63, 3.8) is 0 Å². The van der Waals surface area contributed by atoms with Gasteiger partial charge in [0.05, 0.1) is 5.92 Å². The van der Waals surface area contributed by atoms with E-state index in [0.29, 0.717) is 32.5 Å². The van der Waals surface area contributed by atoms with Crippen LogP contribution in [0.3, 0.4) is 0 Å². The summed E-state index contributed by atoms with van der Waals surface area (Å²) in [4.78, 5) is 38.7. The van der Waals surface area contributed by atoms with Crippen LogP contribution >= 0.6 is 0 Å². The molecule has 2 unspecified atom stereocenters. The molecule has 0 aromatic heterocycles. The average molecular weight is 296 g/mol. The summed E-state index contributed by atoms with van der Waals surface area (Å²) in [5.74, 6) is -0.978. The third-order valence-electron chi connectivity index (χ3n) is 4.55. The van der Waals surface area contributed by atoms with Crippen LogP contribution in [0, 0.1) is 5.92 Å². The van der Waals surface area contributed by atoms with E-state index in [-0.39, 0.29) is 30.2 Å². The fourth-order valence-electron chi connectivity index (χ4n) is 3.36. The molecule has 2 atom stereocenters. The Labute approximate surface area is 125 Å². The maximum atomic E-state index is 12.7. The number of rotatable bonds is 5. The van der Waals surface area contributed by atoms with Crippen LogP contribution in [-0.2, 0) is 14.4 Å². The molecule has 2 fully saturated rings. The Bertz CT molecular complexity index is 424. The van der Waals surface area contributed by atoms with E-state index in [1.807, 2.05) is 11.8 Å². The van der Waals surface area contributed by atoms with Crippen LogP contribution in [0.4, 0.5) is 0 Å². The summed E-state index contributed by atoms with van der Waals surface area (Å²) in [7, 11) is 0. The molecule has 2 aliphatic heterocycles. The molecule has 6 heteroatoms. The van der Waals surface area contributed by atoms with Crippen molar-refractivity contribution in [2.75, 3.05) is 19.6 Å². The Balaban J connectivity index is 1.98. The van der Waals surface area contributed by atoms with Crippen LogP contribution in [-0.4, -0.2) is 58.4 Å². The number of carboxylic acids is 1. The van der Waals surface area contributed by atoms with E-state index in [1.54, 1.807) is 4.90 Å². The molecule has 21 heavy (non-hydrogen) atoms. The van der Waals surface area contributed by atoms with Crippen molar-refractivity contribution in [3.8, 4) is 0 Å². The van der Waals surface area contributed by atoms with E-state index in [0.717, 1.165) is 19.3 Å². The first kappa shape index (κ1) is 15.8. The van der Waals surface area contributed by atoms with Crippen LogP contribution in [0.2, 0.25) is 0 Å². The van der Waals surface area contributed by atoms with Gasteiger partial charge in [0.25, 0.3) is 0 Å². The van der Waals surface area contributed by atoms with Crippen molar-refractivity contribution in [1.82, 2.24) is 9.80 Å². The lowest BCUT2D eigenvalue weighted by atomic mass is 9.95. The molecule has 1 N–H and O–H groups in total. The molecule has 2 rings (SSSR count). The molecule has 118 valence electrons. The summed E-state index contributed by atoms with van der Waals surface area (Å²) >= 11 is 0. The molecule has 0 spiro atoms. The summed E-state index contributed by atoms with van der Waals surface area (Å²) < 4.78 is 0. The van der Waals surface area contributed by atoms with Gasteiger partial charge in [0, 0.05) is 38.5 Å². The minimum Gasteiger partial charge on any atom is -0.481 e. The Morgan fingerprint density at radius 1 is 1.33 bits per heavy atom. The molecule has 0 bridgehead atoms. The summed E-state index contributed by atoms with van der Waals surface area (Å²) in [5, 5.41) is 8.83. The maximum Gasteiger partial charge on any atom is 0.303 e. The highest BCUT2D eigenvalue weighted by atomic mass is 16.4. The zero-order valence-corrected chi connectivity index (χ0v) is 12.6. The standard InChI is InChI=1S/C15H24N2O4/c1-2-16-10-11(9-13(16)18)15(21)17-8-4-3-5-12(17)6-7-14(19)20/h11-12H,2-10H2,1H3,(H,19,20). The molecule has 0 aromatic carbocycles. The first-order valence-corrected chi connectivity index (χ1v) is 7.83. The van der Waals surface area contributed by atoms with Crippen molar-refractivity contribution in [3.05, 3.63) is 0 Å². The third-order valence-corrected chi connectivity index (χ3v) is 4.55. The Morgan fingerprint density at radius 3 is 2.71 bits per heavy atom. The van der Waals surface area contributed by atoms with Crippen LogP contribution in [0.15, 0.2) is 0 Å². The van der Waals surface area contributed by atoms with Gasteiger partial charge in [-0.3, -0.25) is 14.4 Å². The van der Waals surface area contributed by atoms with Gasteiger partial charge < -0.3 is 14.9 Å². The van der Waals surface area contributed by atoms with Crippen LogP contribution in [0.25, 0.3) is 0 Å². The van der Waals surface area contributed by atoms with Gasteiger partial charge in [0.1, 0.15) is 0 Å². The van der Waals surface area contributed by atoms with Crippen molar-refractivity contribution in [1.29, 1.82) is 0 Å². The van der Waals surface area contributed by atoms with Crippen LogP contribution in [0.5, 0.6) is 0 Å². The second kappa shape index (κ2) is 6.91. The predicted molar refractivity (Wildman–Crippen MR) is 76.6 cm³/mol. The lowest BCUT2D eigenvalue weighted by Gasteiger charge is -2.37. The highest BCUT2D eigenvalue weighted by Gasteiger charge is 2.38. The highest BCUT2D eigenvalue weighted by Crippen LogP contribution is 2.26. The molecule has 2 amide bonds. The number of carbonyl (C=O) groups excluding carboxylic acids is 2. The smallest absolute Gasteiger partial charge is 0.303 e. The quantitative estimate of drug-likeness (QED) is 0.824. The molecule has 6 nitrogen and oxygen atoms in total. The molecule has 0 aliphatic carbocycles. The summed E-state index contributed by atoms with van der Waals surface area (Å²) in [6.07, 6.45) is 3.79. The van der Waals surface area contributed by atoms with Crippen molar-refractivity contribution in [2.45, 2.75) is 51.5 Å². The minimum absolute atomic E-state index is 0.0214. The number of amides is 2. The Morgan fingerprint density at radius 2 is 2.10 bits per heavy atom. The van der Waals surface area contributed by atoms with Gasteiger partial charge in [-0.2, -0.15) is 0 Å². The topological polar surface area (TPSA) is 77.9 Å². The second-order valence-electron chi connectivity index (χ2n) is 5.95. The lowest BCUT2D eigenvalue weighted by Crippen LogP contribution is -2.47. The summed E-state index contributed by atoms with van der Waals surface area (Å²) in [6, 6.07) is 0.0214. The van der Waals surface area contributed by atoms with Crippen molar-refractivity contribution >= 4 is 17.8 Å². The molecule has 0 radical (unpaired) electrons. The predicted octanol–water partition coefficient (Wildman–Crippen LogP) is 1.10. The molecular weight excluding hydrogens is 272 g/mol. The van der Waals surface area contributed by atoms with Gasteiger partial charge in [-0.05, 0) is 32.6 Å². The third kappa shape index (κ3) is 3.74. The number of carboxylic acid groups (broad SMARTS) is 1. The zero-order chi connectivity index (χ0) is 15.4. The highest BCUT2D eigenvalue weighted by molar-refractivity contribution is 5.89. The first-order valence-electron chi connectivity index (χ1n) is 7.83. The molecule has 0 saturated carbocycles. The number of carbonyl (C=O) groups is 3. The van der Waals surface area contributed by atoms with Gasteiger partial charge in [0.2, 0.25) is 11.8 Å². The van der Waals surface area contributed by atoms with Gasteiger partial charge in [-0.25, -0.2) is 0 Å². The molecular formula is C15H24N2O4. The average Bonchev–Trinajstić information content (AvgIpc) is 2.85. The Kier molecular flexibility index (Phi) is 5.20. The first-order chi connectivity index (χ1) is 10.0. The van der Waals surface area contributed by atoms with E-state index in [2.05, 4.69) is 0 Å². The van der Waals surface area contributed by atoms with Crippen molar-refractivity contribution < 1.29 is 19.5 Å². The summed E-state index contributed by atoms with van der Waals surface area (Å²) in [6.45, 7) is 3.77. The number of aliphatic carboxylic acids is 1.